The van der Waals surface area contributed by atoms with Gasteiger partial charge in [-0.2, -0.15) is 16.7 Å². The van der Waals surface area contributed by atoms with Gasteiger partial charge in [-0.3, -0.25) is 12.7 Å². The Kier molecular flexibility index (Phi) is 8.62. The topological polar surface area (TPSA) is 0 Å². The van der Waals surface area contributed by atoms with Gasteiger partial charge in [0.05, 0.1) is 0 Å². The van der Waals surface area contributed by atoms with Crippen LogP contribution >= 0.6 is 0 Å². The molecule has 1 aliphatic rings. The van der Waals surface area contributed by atoms with Crippen molar-refractivity contribution in [3.8, 4) is 0 Å². The first-order valence-electron chi connectivity index (χ1n) is 6.12. The maximum absolute atomic E-state index is 5.33. The van der Waals surface area contributed by atoms with Crippen LogP contribution in [0.15, 0.2) is 33.9 Å². The van der Waals surface area contributed by atoms with Crippen molar-refractivity contribution in [2.75, 3.05) is 0 Å². The van der Waals surface area contributed by atoms with Crippen LogP contribution in [-0.4, -0.2) is 0 Å². The van der Waals surface area contributed by atoms with Crippen molar-refractivity contribution in [1.82, 2.24) is 0 Å². The second-order valence-electron chi connectivity index (χ2n) is 5.59. The zero-order valence-corrected chi connectivity index (χ0v) is 14.3. The normalized spacial score (nSPS) is 16.1. The summed E-state index contributed by atoms with van der Waals surface area (Å²) in [4.78, 5) is 0. The minimum Gasteiger partial charge on any atom is -0.290 e. The Hall–Kier alpha value is -0.508. The summed E-state index contributed by atoms with van der Waals surface area (Å²) in [7, 11) is 0. The van der Waals surface area contributed by atoms with Crippen molar-refractivity contribution in [2.45, 2.75) is 55.4 Å². The van der Waals surface area contributed by atoms with Crippen LogP contribution < -0.4 is 0 Å². The second-order valence-corrected chi connectivity index (χ2v) is 5.59. The van der Waals surface area contributed by atoms with Gasteiger partial charge in [-0.05, 0) is 0 Å². The molecule has 100 valence electrons. The average Bonchev–Trinajstić information content (AvgIpc) is 2.28. The van der Waals surface area contributed by atoms with E-state index in [0.717, 1.165) is 5.57 Å². The first kappa shape index (κ1) is 19.8. The van der Waals surface area contributed by atoms with Gasteiger partial charge >= 0.3 is 17.4 Å². The first-order valence-corrected chi connectivity index (χ1v) is 6.12. The van der Waals surface area contributed by atoms with Gasteiger partial charge in [0.1, 0.15) is 0 Å². The summed E-state index contributed by atoms with van der Waals surface area (Å²) in [5.74, 6) is 0. The van der Waals surface area contributed by atoms with E-state index in [1.165, 1.54) is 22.3 Å². The molecule has 0 amide bonds. The summed E-state index contributed by atoms with van der Waals surface area (Å²) in [5.41, 5.74) is 6.52. The zero-order valence-electron chi connectivity index (χ0n) is 13.1. The van der Waals surface area contributed by atoms with Crippen LogP contribution in [-0.2, 0) is 17.4 Å². The molecule has 0 radical (unpaired) electrons. The molecule has 0 N–H and O–H groups in total. The van der Waals surface area contributed by atoms with Crippen LogP contribution in [0.2, 0.25) is 0 Å². The van der Waals surface area contributed by atoms with Crippen molar-refractivity contribution >= 4 is 0 Å². The fourth-order valence-electron chi connectivity index (χ4n) is 1.86. The first-order chi connectivity index (χ1) is 7.58. The average molecular weight is 282 g/mol. The quantitative estimate of drug-likeness (QED) is 0.443. The molecule has 0 aromatic carbocycles. The van der Waals surface area contributed by atoms with E-state index in [0.29, 0.717) is 0 Å². The van der Waals surface area contributed by atoms with E-state index in [1.54, 1.807) is 0 Å². The summed E-state index contributed by atoms with van der Waals surface area (Å²) in [6.07, 6.45) is 5.38. The van der Waals surface area contributed by atoms with Crippen molar-refractivity contribution in [1.29, 1.82) is 0 Å². The van der Waals surface area contributed by atoms with Gasteiger partial charge < -0.3 is 0 Å². The van der Waals surface area contributed by atoms with Gasteiger partial charge in [0.2, 0.25) is 0 Å². The van der Waals surface area contributed by atoms with Crippen molar-refractivity contribution in [3.63, 3.8) is 0 Å². The minimum absolute atomic E-state index is 0. The Morgan fingerprint density at radius 2 is 1.56 bits per heavy atom. The fourth-order valence-corrected chi connectivity index (χ4v) is 1.86. The third kappa shape index (κ3) is 6.43. The smallest absolute Gasteiger partial charge is 0.290 e. The van der Waals surface area contributed by atoms with E-state index in [2.05, 4.69) is 40.7 Å². The van der Waals surface area contributed by atoms with Gasteiger partial charge in [0, 0.05) is 0 Å². The molecule has 18 heavy (non-hydrogen) atoms. The number of allylic oxidation sites excluding steroid dienone is 7. The third-order valence-corrected chi connectivity index (χ3v) is 3.08. The van der Waals surface area contributed by atoms with Gasteiger partial charge in [-0.15, -0.1) is 6.92 Å². The molecule has 0 aromatic heterocycles. The summed E-state index contributed by atoms with van der Waals surface area (Å²) in [6, 6.07) is 0. The van der Waals surface area contributed by atoms with Crippen molar-refractivity contribution in [2.24, 2.45) is 5.41 Å². The van der Waals surface area contributed by atoms with Gasteiger partial charge in [-0.25, -0.2) is 17.2 Å². The van der Waals surface area contributed by atoms with Crippen LogP contribution in [0.25, 0.3) is 0 Å². The Balaban J connectivity index is 0. The van der Waals surface area contributed by atoms with Crippen LogP contribution in [0.5, 0.6) is 0 Å². The number of rotatable bonds is 1. The summed E-state index contributed by atoms with van der Waals surface area (Å²) >= 11 is 0. The molecule has 0 saturated heterocycles. The van der Waals surface area contributed by atoms with Gasteiger partial charge in [0.15, 0.2) is 0 Å². The predicted molar refractivity (Wildman–Crippen MR) is 77.5 cm³/mol. The Bertz CT molecular complexity index is 386. The van der Waals surface area contributed by atoms with Crippen LogP contribution in [0, 0.1) is 18.1 Å². The monoisotopic (exact) mass is 282 g/mol. The van der Waals surface area contributed by atoms with Crippen LogP contribution in [0.3, 0.4) is 0 Å². The molecule has 0 heterocycles. The van der Waals surface area contributed by atoms with Crippen LogP contribution in [0.4, 0.5) is 0 Å². The Morgan fingerprint density at radius 3 is 1.61 bits per heavy atom. The van der Waals surface area contributed by atoms with E-state index >= 15 is 0 Å². The molecule has 0 spiro atoms. The molecular weight excluding hydrogens is 256 g/mol. The predicted octanol–water partition coefficient (Wildman–Crippen LogP) is 5.44. The molecule has 1 rings (SSSR count). The second kappa shape index (κ2) is 7.82. The molecular formula is C17H26Cr. The Labute approximate surface area is 125 Å². The number of hydrogen-bond donors (Lipinski definition) is 0. The summed E-state index contributed by atoms with van der Waals surface area (Å²) in [6.45, 7) is 22.2. The summed E-state index contributed by atoms with van der Waals surface area (Å²) in [5, 5.41) is 0. The SMILES string of the molecule is CC1=[C-]C(C)(C)C(C)=C1C.[CH-]=C(C)C=C(C)C.[Cr+2]. The molecule has 0 atom stereocenters. The molecule has 1 heteroatoms. The van der Waals surface area contributed by atoms with E-state index in [4.69, 9.17) is 6.58 Å². The molecule has 0 unspecified atom stereocenters. The summed E-state index contributed by atoms with van der Waals surface area (Å²) < 4.78 is 0. The molecule has 1 aliphatic carbocycles. The van der Waals surface area contributed by atoms with Gasteiger partial charge in [-0.1, -0.05) is 53.9 Å². The Morgan fingerprint density at radius 1 is 1.11 bits per heavy atom. The molecule has 0 aromatic rings. The van der Waals surface area contributed by atoms with Crippen molar-refractivity contribution < 1.29 is 17.4 Å². The van der Waals surface area contributed by atoms with Gasteiger partial charge in [0.25, 0.3) is 0 Å². The molecule has 0 bridgehead atoms. The van der Waals surface area contributed by atoms with E-state index in [1.807, 2.05) is 26.8 Å². The minimum atomic E-state index is 0. The maximum Gasteiger partial charge on any atom is 2.00 e. The molecule has 0 aliphatic heterocycles. The number of hydrogen-bond acceptors (Lipinski definition) is 0. The van der Waals surface area contributed by atoms with E-state index in [-0.39, 0.29) is 22.8 Å². The molecule has 0 nitrogen and oxygen atoms in total. The molecule has 0 saturated carbocycles. The largest absolute Gasteiger partial charge is 2.00 e. The van der Waals surface area contributed by atoms with Crippen LogP contribution in [0.1, 0.15) is 55.4 Å². The maximum atomic E-state index is 5.33. The molecule has 0 fully saturated rings. The van der Waals surface area contributed by atoms with Crippen molar-refractivity contribution in [3.05, 3.63) is 46.6 Å². The third-order valence-electron chi connectivity index (χ3n) is 3.08. The van der Waals surface area contributed by atoms with E-state index < -0.39 is 0 Å². The fraction of sp³-hybridized carbons (Fsp3) is 0.529. The zero-order chi connectivity index (χ0) is 13.8. The van der Waals surface area contributed by atoms with E-state index in [9.17, 15) is 0 Å². The standard InChI is InChI=1S/C10H15.C7H11.Cr/c1-7-6-10(4,5)9(3)8(7)2;1-6(2)5-7(3)4;/h1-5H3;1,5H,2-4H3;/q2*-1;+2.